The zero-order valence-electron chi connectivity index (χ0n) is 14.6. The Morgan fingerprint density at radius 3 is 2.36 bits per heavy atom. The lowest BCUT2D eigenvalue weighted by Gasteiger charge is -2.16. The molecule has 0 atom stereocenters. The van der Waals surface area contributed by atoms with E-state index in [-0.39, 0.29) is 24.1 Å². The zero-order chi connectivity index (χ0) is 19.0. The van der Waals surface area contributed by atoms with Gasteiger partial charge in [0.05, 0.1) is 6.54 Å². The van der Waals surface area contributed by atoms with Gasteiger partial charge in [0.2, 0.25) is 5.91 Å². The van der Waals surface area contributed by atoms with Crippen molar-refractivity contribution in [2.24, 2.45) is 0 Å². The van der Waals surface area contributed by atoms with Crippen LogP contribution in [0.5, 0.6) is 0 Å². The van der Waals surface area contributed by atoms with Crippen LogP contribution in [0.3, 0.4) is 0 Å². The van der Waals surface area contributed by atoms with E-state index < -0.39 is 18.6 Å². The smallest absolute Gasteiger partial charge is 0.376 e. The summed E-state index contributed by atoms with van der Waals surface area (Å²) in [4.78, 5) is 23.7. The Hall–Kier alpha value is -2.25. The van der Waals surface area contributed by atoms with Crippen molar-refractivity contribution in [3.05, 3.63) is 29.3 Å². The van der Waals surface area contributed by atoms with E-state index in [0.29, 0.717) is 5.69 Å². The molecule has 1 aromatic rings. The van der Waals surface area contributed by atoms with Crippen LogP contribution in [-0.4, -0.2) is 37.1 Å². The van der Waals surface area contributed by atoms with Crippen LogP contribution in [0, 0.1) is 6.92 Å². The Bertz CT molecular complexity index is 599. The van der Waals surface area contributed by atoms with Crippen LogP contribution in [0.1, 0.15) is 42.6 Å². The van der Waals surface area contributed by atoms with Gasteiger partial charge in [0.15, 0.2) is 0 Å². The second kappa shape index (κ2) is 9.29. The quantitative estimate of drug-likeness (QED) is 0.668. The average molecular weight is 359 g/mol. The summed E-state index contributed by atoms with van der Waals surface area (Å²) < 4.78 is 36.5. The number of benzene rings is 1. The largest absolute Gasteiger partial charge is 0.405 e. The van der Waals surface area contributed by atoms with Gasteiger partial charge in [-0.15, -0.1) is 0 Å². The summed E-state index contributed by atoms with van der Waals surface area (Å²) in [7, 11) is 0. The molecular weight excluding hydrogens is 335 g/mol. The number of carbonyl (C=O) groups excluding carboxylic acids is 2. The number of halogens is 3. The SMILES string of the molecule is CCC(CC)NC(=O)CNc1cc(C(=O)NCC(F)(F)F)ccc1C. The fourth-order valence-corrected chi connectivity index (χ4v) is 2.18. The van der Waals surface area contributed by atoms with E-state index in [4.69, 9.17) is 0 Å². The van der Waals surface area contributed by atoms with Crippen molar-refractivity contribution in [3.8, 4) is 0 Å². The maximum absolute atomic E-state index is 12.2. The molecule has 0 bridgehead atoms. The summed E-state index contributed by atoms with van der Waals surface area (Å²) in [6, 6.07) is 4.60. The first-order valence-corrected chi connectivity index (χ1v) is 8.15. The zero-order valence-corrected chi connectivity index (χ0v) is 14.6. The monoisotopic (exact) mass is 359 g/mol. The molecule has 25 heavy (non-hydrogen) atoms. The van der Waals surface area contributed by atoms with Gasteiger partial charge in [-0.2, -0.15) is 13.2 Å². The van der Waals surface area contributed by atoms with Crippen LogP contribution in [0.2, 0.25) is 0 Å². The van der Waals surface area contributed by atoms with Gasteiger partial charge in [0.1, 0.15) is 6.54 Å². The number of alkyl halides is 3. The Morgan fingerprint density at radius 1 is 1.16 bits per heavy atom. The van der Waals surface area contributed by atoms with Crippen molar-refractivity contribution >= 4 is 17.5 Å². The van der Waals surface area contributed by atoms with Gasteiger partial charge >= 0.3 is 6.18 Å². The van der Waals surface area contributed by atoms with E-state index in [0.717, 1.165) is 18.4 Å². The lowest BCUT2D eigenvalue weighted by Crippen LogP contribution is -2.37. The predicted molar refractivity (Wildman–Crippen MR) is 90.6 cm³/mol. The first kappa shape index (κ1) is 20.8. The van der Waals surface area contributed by atoms with Crippen LogP contribution in [-0.2, 0) is 4.79 Å². The highest BCUT2D eigenvalue weighted by Gasteiger charge is 2.28. The van der Waals surface area contributed by atoms with Crippen LogP contribution in [0.25, 0.3) is 0 Å². The van der Waals surface area contributed by atoms with E-state index in [1.807, 2.05) is 19.2 Å². The number of amides is 2. The summed E-state index contributed by atoms with van der Waals surface area (Å²) in [6.45, 7) is 4.37. The van der Waals surface area contributed by atoms with Gasteiger partial charge in [-0.1, -0.05) is 19.9 Å². The van der Waals surface area contributed by atoms with Crippen LogP contribution in [0.4, 0.5) is 18.9 Å². The second-order valence-electron chi connectivity index (χ2n) is 5.76. The summed E-state index contributed by atoms with van der Waals surface area (Å²) in [5.74, 6) is -0.998. The van der Waals surface area contributed by atoms with Crippen molar-refractivity contribution in [1.29, 1.82) is 0 Å². The third kappa shape index (κ3) is 7.45. The van der Waals surface area contributed by atoms with E-state index in [1.54, 1.807) is 13.0 Å². The average Bonchev–Trinajstić information content (AvgIpc) is 2.56. The normalized spacial score (nSPS) is 11.3. The molecule has 0 aromatic heterocycles. The van der Waals surface area contributed by atoms with E-state index >= 15 is 0 Å². The highest BCUT2D eigenvalue weighted by molar-refractivity contribution is 5.95. The molecular formula is C17H24F3N3O2. The maximum atomic E-state index is 12.2. The summed E-state index contributed by atoms with van der Waals surface area (Å²) >= 11 is 0. The topological polar surface area (TPSA) is 70.2 Å². The number of hydrogen-bond acceptors (Lipinski definition) is 3. The van der Waals surface area contributed by atoms with Crippen molar-refractivity contribution in [2.75, 3.05) is 18.4 Å². The standard InChI is InChI=1S/C17H24F3N3O2/c1-4-13(5-2)23-15(24)9-21-14-8-12(7-6-11(14)3)16(25)22-10-17(18,19)20/h6-8,13,21H,4-5,9-10H2,1-3H3,(H,22,25)(H,23,24). The van der Waals surface area contributed by atoms with Gasteiger partial charge in [-0.05, 0) is 37.5 Å². The molecule has 0 fully saturated rings. The molecule has 2 amide bonds. The van der Waals surface area contributed by atoms with Crippen LogP contribution < -0.4 is 16.0 Å². The molecule has 3 N–H and O–H groups in total. The number of nitrogens with one attached hydrogen (secondary N) is 3. The highest BCUT2D eigenvalue weighted by Crippen LogP contribution is 2.17. The maximum Gasteiger partial charge on any atom is 0.405 e. The molecule has 0 aliphatic heterocycles. The first-order valence-electron chi connectivity index (χ1n) is 8.15. The molecule has 0 aliphatic rings. The molecule has 0 radical (unpaired) electrons. The van der Waals surface area contributed by atoms with Crippen molar-refractivity contribution < 1.29 is 22.8 Å². The molecule has 0 spiro atoms. The lowest BCUT2D eigenvalue weighted by atomic mass is 10.1. The molecule has 5 nitrogen and oxygen atoms in total. The summed E-state index contributed by atoms with van der Waals surface area (Å²) in [5, 5.41) is 7.62. The molecule has 1 aromatic carbocycles. The number of carbonyl (C=O) groups is 2. The fourth-order valence-electron chi connectivity index (χ4n) is 2.18. The van der Waals surface area contributed by atoms with Gasteiger partial charge in [-0.3, -0.25) is 9.59 Å². The lowest BCUT2D eigenvalue weighted by molar-refractivity contribution is -0.123. The van der Waals surface area contributed by atoms with Gasteiger partial charge < -0.3 is 16.0 Å². The summed E-state index contributed by atoms with van der Waals surface area (Å²) in [6.07, 6.45) is -2.80. The van der Waals surface area contributed by atoms with Crippen LogP contribution >= 0.6 is 0 Å². The molecule has 0 saturated carbocycles. The Kier molecular flexibility index (Phi) is 7.73. The van der Waals surface area contributed by atoms with Crippen molar-refractivity contribution in [2.45, 2.75) is 45.8 Å². The van der Waals surface area contributed by atoms with E-state index in [9.17, 15) is 22.8 Å². The van der Waals surface area contributed by atoms with Crippen molar-refractivity contribution in [3.63, 3.8) is 0 Å². The Balaban J connectivity index is 2.68. The minimum absolute atomic E-state index is 0.0188. The molecule has 0 unspecified atom stereocenters. The van der Waals surface area contributed by atoms with E-state index in [2.05, 4.69) is 10.6 Å². The minimum Gasteiger partial charge on any atom is -0.376 e. The molecule has 0 heterocycles. The number of hydrogen-bond donors (Lipinski definition) is 3. The molecule has 0 saturated heterocycles. The number of rotatable bonds is 8. The molecule has 1 rings (SSSR count). The van der Waals surface area contributed by atoms with Gasteiger partial charge in [0, 0.05) is 17.3 Å². The molecule has 140 valence electrons. The fraction of sp³-hybridized carbons (Fsp3) is 0.529. The number of anilines is 1. The van der Waals surface area contributed by atoms with Crippen LogP contribution in [0.15, 0.2) is 18.2 Å². The predicted octanol–water partition coefficient (Wildman–Crippen LogP) is 3.00. The Labute approximate surface area is 145 Å². The first-order chi connectivity index (χ1) is 11.7. The van der Waals surface area contributed by atoms with E-state index in [1.165, 1.54) is 12.1 Å². The van der Waals surface area contributed by atoms with Gasteiger partial charge in [-0.25, -0.2) is 0 Å². The minimum atomic E-state index is -4.46. The summed E-state index contributed by atoms with van der Waals surface area (Å²) in [5.41, 5.74) is 1.40. The molecule has 0 aliphatic carbocycles. The Morgan fingerprint density at radius 2 is 1.80 bits per heavy atom. The van der Waals surface area contributed by atoms with Crippen molar-refractivity contribution in [1.82, 2.24) is 10.6 Å². The molecule has 8 heteroatoms. The third-order valence-corrected chi connectivity index (χ3v) is 3.74. The van der Waals surface area contributed by atoms with Gasteiger partial charge in [0.25, 0.3) is 5.91 Å². The second-order valence-corrected chi connectivity index (χ2v) is 5.76. The third-order valence-electron chi connectivity index (χ3n) is 3.74. The highest BCUT2D eigenvalue weighted by atomic mass is 19.4. The number of aryl methyl sites for hydroxylation is 1.